The topological polar surface area (TPSA) is 75.2 Å². The van der Waals surface area contributed by atoms with Crippen LogP contribution in [0.5, 0.6) is 0 Å². The maximum atomic E-state index is 11.9. The van der Waals surface area contributed by atoms with Crippen LogP contribution in [-0.2, 0) is 9.47 Å². The van der Waals surface area contributed by atoms with Gasteiger partial charge in [0, 0.05) is 39.3 Å². The molecule has 2 saturated heterocycles. The Morgan fingerprint density at radius 2 is 2.22 bits per heavy atom. The van der Waals surface area contributed by atoms with Gasteiger partial charge in [-0.25, -0.2) is 0 Å². The van der Waals surface area contributed by atoms with Crippen molar-refractivity contribution in [2.45, 2.75) is 38.4 Å². The smallest absolute Gasteiger partial charge is 0.261 e. The first-order chi connectivity index (χ1) is 13.3. The van der Waals surface area contributed by atoms with Crippen molar-refractivity contribution in [2.75, 3.05) is 45.9 Å². The number of nitrogens with zero attached hydrogens (tertiary/aromatic N) is 2. The van der Waals surface area contributed by atoms with Crippen molar-refractivity contribution < 1.29 is 14.3 Å². The first kappa shape index (κ1) is 20.1. The summed E-state index contributed by atoms with van der Waals surface area (Å²) < 4.78 is 11.7. The Morgan fingerprint density at radius 3 is 2.96 bits per heavy atom. The largest absolute Gasteiger partial charge is 0.375 e. The van der Waals surface area contributed by atoms with E-state index in [1.54, 1.807) is 0 Å². The summed E-state index contributed by atoms with van der Waals surface area (Å²) in [5.74, 6) is 0.918. The van der Waals surface area contributed by atoms with Crippen LogP contribution in [0.25, 0.3) is 0 Å². The lowest BCUT2D eigenvalue weighted by atomic mass is 10.1. The molecule has 27 heavy (non-hydrogen) atoms. The van der Waals surface area contributed by atoms with Gasteiger partial charge in [-0.2, -0.15) is 0 Å². The molecule has 0 aromatic carbocycles. The molecular formula is C19H30N4O3S. The third kappa shape index (κ3) is 5.92. The summed E-state index contributed by atoms with van der Waals surface area (Å²) in [7, 11) is 0. The van der Waals surface area contributed by atoms with Gasteiger partial charge in [-0.1, -0.05) is 6.07 Å². The number of hydrogen-bond acceptors (Lipinski definition) is 5. The molecule has 2 aliphatic heterocycles. The van der Waals surface area contributed by atoms with Crippen molar-refractivity contribution in [3.05, 3.63) is 22.4 Å². The fourth-order valence-corrected chi connectivity index (χ4v) is 4.02. The van der Waals surface area contributed by atoms with E-state index in [0.717, 1.165) is 56.3 Å². The molecule has 0 saturated carbocycles. The lowest BCUT2D eigenvalue weighted by Gasteiger charge is -2.37. The van der Waals surface area contributed by atoms with Crippen LogP contribution >= 0.6 is 11.3 Å². The van der Waals surface area contributed by atoms with Crippen LogP contribution in [0.4, 0.5) is 0 Å². The van der Waals surface area contributed by atoms with Crippen molar-refractivity contribution in [1.29, 1.82) is 0 Å². The molecule has 0 spiro atoms. The van der Waals surface area contributed by atoms with Gasteiger partial charge < -0.3 is 25.0 Å². The van der Waals surface area contributed by atoms with E-state index in [0.29, 0.717) is 19.7 Å². The summed E-state index contributed by atoms with van der Waals surface area (Å²) in [6, 6.07) is 3.73. The molecule has 2 aliphatic rings. The Labute approximate surface area is 165 Å². The number of amides is 1. The maximum absolute atomic E-state index is 11.9. The SMILES string of the molecule is CCNC(=NCCCNC(=O)c1cccs1)N1CCOC(C2CCCO2)C1. The Balaban J connectivity index is 1.44. The van der Waals surface area contributed by atoms with E-state index in [1.165, 1.54) is 11.3 Å². The van der Waals surface area contributed by atoms with Gasteiger partial charge in [-0.15, -0.1) is 11.3 Å². The molecule has 150 valence electrons. The molecule has 0 aliphatic carbocycles. The first-order valence-electron chi connectivity index (χ1n) is 9.86. The van der Waals surface area contributed by atoms with Gasteiger partial charge in [0.25, 0.3) is 5.91 Å². The third-order valence-electron chi connectivity index (χ3n) is 4.73. The molecule has 0 bridgehead atoms. The van der Waals surface area contributed by atoms with Crippen LogP contribution in [0.1, 0.15) is 35.9 Å². The lowest BCUT2D eigenvalue weighted by molar-refractivity contribution is -0.0817. The van der Waals surface area contributed by atoms with Crippen LogP contribution in [0.3, 0.4) is 0 Å². The third-order valence-corrected chi connectivity index (χ3v) is 5.60. The average molecular weight is 395 g/mol. The Kier molecular flexibility index (Phi) is 7.92. The molecule has 3 heterocycles. The fourth-order valence-electron chi connectivity index (χ4n) is 3.38. The molecular weight excluding hydrogens is 364 g/mol. The highest BCUT2D eigenvalue weighted by atomic mass is 32.1. The number of morpholine rings is 1. The highest BCUT2D eigenvalue weighted by Crippen LogP contribution is 2.21. The number of rotatable bonds is 7. The van der Waals surface area contributed by atoms with Gasteiger partial charge in [0.2, 0.25) is 0 Å². The Bertz CT molecular complexity index is 602. The second-order valence-electron chi connectivity index (χ2n) is 6.73. The molecule has 2 N–H and O–H groups in total. The molecule has 7 nitrogen and oxygen atoms in total. The number of guanidine groups is 1. The molecule has 0 radical (unpaired) electrons. The lowest BCUT2D eigenvalue weighted by Crippen LogP contribution is -2.53. The second kappa shape index (κ2) is 10.6. The predicted octanol–water partition coefficient (Wildman–Crippen LogP) is 1.71. The quantitative estimate of drug-likeness (QED) is 0.418. The van der Waals surface area contributed by atoms with E-state index in [4.69, 9.17) is 14.5 Å². The highest BCUT2D eigenvalue weighted by molar-refractivity contribution is 7.12. The van der Waals surface area contributed by atoms with Crippen molar-refractivity contribution in [3.63, 3.8) is 0 Å². The molecule has 1 aromatic heterocycles. The van der Waals surface area contributed by atoms with Gasteiger partial charge >= 0.3 is 0 Å². The summed E-state index contributed by atoms with van der Waals surface area (Å²) >= 11 is 1.46. The van der Waals surface area contributed by atoms with E-state index < -0.39 is 0 Å². The zero-order chi connectivity index (χ0) is 18.9. The Morgan fingerprint density at radius 1 is 1.33 bits per heavy atom. The molecule has 1 aromatic rings. The number of ether oxygens (including phenoxy) is 2. The summed E-state index contributed by atoms with van der Waals surface area (Å²) in [4.78, 5) is 19.7. The van der Waals surface area contributed by atoms with Gasteiger partial charge in [0.15, 0.2) is 5.96 Å². The Hall–Kier alpha value is -1.64. The van der Waals surface area contributed by atoms with Crippen LogP contribution in [0, 0.1) is 0 Å². The maximum Gasteiger partial charge on any atom is 0.261 e. The van der Waals surface area contributed by atoms with Crippen molar-refractivity contribution in [2.24, 2.45) is 4.99 Å². The first-order valence-corrected chi connectivity index (χ1v) is 10.7. The number of carbonyl (C=O) groups excluding carboxylic acids is 1. The van der Waals surface area contributed by atoms with Crippen molar-refractivity contribution in [1.82, 2.24) is 15.5 Å². The minimum absolute atomic E-state index is 0.00605. The molecule has 3 rings (SSSR count). The number of thiophene rings is 1. The van der Waals surface area contributed by atoms with Gasteiger partial charge in [0.1, 0.15) is 6.10 Å². The normalized spacial score (nSPS) is 23.4. The minimum atomic E-state index is -0.00605. The monoisotopic (exact) mass is 394 g/mol. The van der Waals surface area contributed by atoms with Gasteiger partial charge in [0.05, 0.1) is 17.6 Å². The summed E-state index contributed by atoms with van der Waals surface area (Å²) in [5, 5.41) is 8.24. The van der Waals surface area contributed by atoms with Crippen molar-refractivity contribution >= 4 is 23.2 Å². The summed E-state index contributed by atoms with van der Waals surface area (Å²) in [6.07, 6.45) is 3.34. The molecule has 2 atom stereocenters. The number of carbonyl (C=O) groups is 1. The van der Waals surface area contributed by atoms with Gasteiger partial charge in [-0.05, 0) is 37.6 Å². The van der Waals surface area contributed by atoms with Crippen LogP contribution in [0.15, 0.2) is 22.5 Å². The standard InChI is InChI=1S/C19H30N4O3S/c1-2-20-19(22-9-5-8-21-18(24)17-7-4-13-27-17)23-10-12-26-16(14-23)15-6-3-11-25-15/h4,7,13,15-16H,2-3,5-6,8-12,14H2,1H3,(H,20,22)(H,21,24). The van der Waals surface area contributed by atoms with E-state index in [-0.39, 0.29) is 18.1 Å². The average Bonchev–Trinajstić information content (AvgIpc) is 3.40. The number of aliphatic imine (C=N–C) groups is 1. The van der Waals surface area contributed by atoms with Crippen molar-refractivity contribution in [3.8, 4) is 0 Å². The van der Waals surface area contributed by atoms with E-state index in [1.807, 2.05) is 17.5 Å². The second-order valence-corrected chi connectivity index (χ2v) is 7.68. The minimum Gasteiger partial charge on any atom is -0.375 e. The molecule has 2 unspecified atom stereocenters. The molecule has 2 fully saturated rings. The van der Waals surface area contributed by atoms with Gasteiger partial charge in [-0.3, -0.25) is 9.79 Å². The number of nitrogens with one attached hydrogen (secondary N) is 2. The van der Waals surface area contributed by atoms with Crippen LogP contribution in [0.2, 0.25) is 0 Å². The fraction of sp³-hybridized carbons (Fsp3) is 0.684. The van der Waals surface area contributed by atoms with E-state index in [2.05, 4.69) is 22.5 Å². The number of hydrogen-bond donors (Lipinski definition) is 2. The van der Waals surface area contributed by atoms with Crippen LogP contribution < -0.4 is 10.6 Å². The molecule has 8 heteroatoms. The zero-order valence-electron chi connectivity index (χ0n) is 16.0. The van der Waals surface area contributed by atoms with E-state index >= 15 is 0 Å². The molecule has 1 amide bonds. The van der Waals surface area contributed by atoms with Crippen LogP contribution in [-0.4, -0.2) is 74.9 Å². The summed E-state index contributed by atoms with van der Waals surface area (Å²) in [5.41, 5.74) is 0. The zero-order valence-corrected chi connectivity index (χ0v) is 16.8. The predicted molar refractivity (Wildman–Crippen MR) is 108 cm³/mol. The summed E-state index contributed by atoms with van der Waals surface area (Å²) in [6.45, 7) is 7.40. The van der Waals surface area contributed by atoms with E-state index in [9.17, 15) is 4.79 Å². The highest BCUT2D eigenvalue weighted by Gasteiger charge is 2.32.